The standard InChI is InChI=1S/C15H14BrN3S3/c16-10-7-20-8-13(10)22-19-11-3-1-2-9-6-12(18-14(9)11)15-17-4-5-21-15/h1-3,6,8,10,18-19H,4-5,7H2. The van der Waals surface area contributed by atoms with Crippen LogP contribution >= 0.6 is 51.4 Å². The summed E-state index contributed by atoms with van der Waals surface area (Å²) in [5, 5.41) is 4.58. The zero-order chi connectivity index (χ0) is 14.9. The molecule has 0 amide bonds. The van der Waals surface area contributed by atoms with Gasteiger partial charge in [-0.2, -0.15) is 0 Å². The van der Waals surface area contributed by atoms with Crippen LogP contribution in [0.1, 0.15) is 5.69 Å². The first-order valence-corrected chi connectivity index (χ1v) is 10.8. The molecule has 1 unspecified atom stereocenters. The molecule has 3 heterocycles. The summed E-state index contributed by atoms with van der Waals surface area (Å²) in [7, 11) is 0. The Kier molecular flexibility index (Phi) is 4.48. The molecule has 0 aliphatic carbocycles. The van der Waals surface area contributed by atoms with Crippen molar-refractivity contribution in [1.29, 1.82) is 0 Å². The third-order valence-corrected chi connectivity index (χ3v) is 8.12. The lowest BCUT2D eigenvalue weighted by Gasteiger charge is -2.09. The van der Waals surface area contributed by atoms with Crippen molar-refractivity contribution in [2.45, 2.75) is 4.83 Å². The Bertz CT molecular complexity index is 768. The quantitative estimate of drug-likeness (QED) is 0.543. The van der Waals surface area contributed by atoms with E-state index in [0.717, 1.165) is 40.0 Å². The van der Waals surface area contributed by atoms with Gasteiger partial charge in [0.05, 0.1) is 21.7 Å². The van der Waals surface area contributed by atoms with Crippen molar-refractivity contribution >= 4 is 73.0 Å². The first-order valence-electron chi connectivity index (χ1n) is 6.99. The number of halogens is 1. The molecule has 2 aliphatic heterocycles. The van der Waals surface area contributed by atoms with Crippen LogP contribution in [0.3, 0.4) is 0 Å². The van der Waals surface area contributed by atoms with E-state index < -0.39 is 0 Å². The Morgan fingerprint density at radius 3 is 3.14 bits per heavy atom. The monoisotopic (exact) mass is 411 g/mol. The first kappa shape index (κ1) is 15.1. The van der Waals surface area contributed by atoms with Crippen molar-refractivity contribution in [3.8, 4) is 0 Å². The van der Waals surface area contributed by atoms with Crippen molar-refractivity contribution in [3.63, 3.8) is 0 Å². The van der Waals surface area contributed by atoms with Crippen LogP contribution in [0.25, 0.3) is 10.9 Å². The minimum absolute atomic E-state index is 0.456. The molecule has 3 nitrogen and oxygen atoms in total. The number of nitrogens with one attached hydrogen (secondary N) is 2. The van der Waals surface area contributed by atoms with Crippen LogP contribution in [0, 0.1) is 0 Å². The second-order valence-electron chi connectivity index (χ2n) is 5.01. The molecular weight excluding hydrogens is 398 g/mol. The van der Waals surface area contributed by atoms with Crippen molar-refractivity contribution in [3.05, 3.63) is 40.3 Å². The molecule has 114 valence electrons. The number of thioether (sulfide) groups is 2. The number of aliphatic imine (C=N–C) groups is 1. The predicted molar refractivity (Wildman–Crippen MR) is 107 cm³/mol. The van der Waals surface area contributed by atoms with Gasteiger partial charge in [0, 0.05) is 28.3 Å². The van der Waals surface area contributed by atoms with Gasteiger partial charge in [-0.05, 0) is 29.5 Å². The minimum atomic E-state index is 0.456. The SMILES string of the molecule is BrC1CSC=C1SNc1cccc2cc(C3=NCCS3)[nH]c12. The zero-order valence-corrected chi connectivity index (χ0v) is 15.7. The van der Waals surface area contributed by atoms with Crippen LogP contribution in [0.5, 0.6) is 0 Å². The maximum absolute atomic E-state index is 4.55. The predicted octanol–water partition coefficient (Wildman–Crippen LogP) is 5.07. The summed E-state index contributed by atoms with van der Waals surface area (Å²) in [5.41, 5.74) is 3.40. The fourth-order valence-electron chi connectivity index (χ4n) is 2.43. The fraction of sp³-hybridized carbons (Fsp3) is 0.267. The number of nitrogens with zero attached hydrogens (tertiary/aromatic N) is 1. The van der Waals surface area contributed by atoms with E-state index in [0.29, 0.717) is 4.83 Å². The van der Waals surface area contributed by atoms with Gasteiger partial charge in [-0.3, -0.25) is 4.99 Å². The summed E-state index contributed by atoms with van der Waals surface area (Å²) in [6.45, 7) is 0.925. The van der Waals surface area contributed by atoms with Crippen molar-refractivity contribution in [2.24, 2.45) is 4.99 Å². The molecule has 0 fully saturated rings. The average Bonchev–Trinajstić information content (AvgIpc) is 3.25. The zero-order valence-electron chi connectivity index (χ0n) is 11.6. The largest absolute Gasteiger partial charge is 0.351 e. The average molecular weight is 412 g/mol. The van der Waals surface area contributed by atoms with Crippen LogP contribution in [0.2, 0.25) is 0 Å². The molecule has 0 radical (unpaired) electrons. The highest BCUT2D eigenvalue weighted by Crippen LogP contribution is 2.37. The Hall–Kier alpha value is -0.500. The van der Waals surface area contributed by atoms with Crippen molar-refractivity contribution in [2.75, 3.05) is 22.8 Å². The number of benzene rings is 1. The number of alkyl halides is 1. The molecule has 0 bridgehead atoms. The maximum atomic E-state index is 4.55. The molecule has 0 saturated heterocycles. The molecular formula is C15H14BrN3S3. The van der Waals surface area contributed by atoms with Crippen LogP contribution in [0.4, 0.5) is 5.69 Å². The highest BCUT2D eigenvalue weighted by molar-refractivity contribution is 9.09. The van der Waals surface area contributed by atoms with Crippen LogP contribution < -0.4 is 4.72 Å². The number of fused-ring (bicyclic) bond motifs is 1. The molecule has 1 atom stereocenters. The van der Waals surface area contributed by atoms with Crippen LogP contribution in [0.15, 0.2) is 39.6 Å². The van der Waals surface area contributed by atoms with Gasteiger partial charge in [0.15, 0.2) is 0 Å². The van der Waals surface area contributed by atoms with Crippen molar-refractivity contribution < 1.29 is 0 Å². The molecule has 0 saturated carbocycles. The van der Waals surface area contributed by atoms with Crippen molar-refractivity contribution in [1.82, 2.24) is 4.98 Å². The molecule has 2 N–H and O–H groups in total. The van der Waals surface area contributed by atoms with E-state index in [2.05, 4.69) is 60.3 Å². The van der Waals surface area contributed by atoms with Gasteiger partial charge in [-0.1, -0.05) is 28.1 Å². The van der Waals surface area contributed by atoms with Crippen LogP contribution in [-0.2, 0) is 0 Å². The number of H-pyrrole nitrogens is 1. The van der Waals surface area contributed by atoms with Gasteiger partial charge in [0.2, 0.25) is 0 Å². The molecule has 2 aliphatic rings. The van der Waals surface area contributed by atoms with E-state index in [1.807, 2.05) is 23.5 Å². The number of aromatic nitrogens is 1. The number of aromatic amines is 1. The van der Waals surface area contributed by atoms with Gasteiger partial charge in [-0.15, -0.1) is 23.5 Å². The van der Waals surface area contributed by atoms with Crippen LogP contribution in [-0.4, -0.2) is 32.9 Å². The van der Waals surface area contributed by atoms with E-state index in [1.54, 1.807) is 11.9 Å². The number of para-hydroxylation sites is 1. The summed E-state index contributed by atoms with van der Waals surface area (Å²) < 4.78 is 3.49. The topological polar surface area (TPSA) is 40.2 Å². The minimum Gasteiger partial charge on any atom is -0.351 e. The Morgan fingerprint density at radius 1 is 1.41 bits per heavy atom. The van der Waals surface area contributed by atoms with E-state index >= 15 is 0 Å². The maximum Gasteiger partial charge on any atom is 0.114 e. The summed E-state index contributed by atoms with van der Waals surface area (Å²) in [5.74, 6) is 2.20. The molecule has 22 heavy (non-hydrogen) atoms. The second-order valence-corrected chi connectivity index (χ2v) is 8.98. The second kappa shape index (κ2) is 6.55. The summed E-state index contributed by atoms with van der Waals surface area (Å²) in [4.78, 5) is 9.88. The first-order chi connectivity index (χ1) is 10.8. The lowest BCUT2D eigenvalue weighted by atomic mass is 10.2. The van der Waals surface area contributed by atoms with Gasteiger partial charge in [-0.25, -0.2) is 0 Å². The highest BCUT2D eigenvalue weighted by atomic mass is 79.9. The Labute approximate surface area is 150 Å². The van der Waals surface area contributed by atoms with Gasteiger partial charge < -0.3 is 9.71 Å². The number of hydrogen-bond acceptors (Lipinski definition) is 5. The molecule has 0 spiro atoms. The number of allylic oxidation sites excluding steroid dienone is 1. The molecule has 4 rings (SSSR count). The summed E-state index contributed by atoms with van der Waals surface area (Å²) >= 11 is 9.07. The Balaban J connectivity index is 1.60. The van der Waals surface area contributed by atoms with Gasteiger partial charge in [0.1, 0.15) is 5.04 Å². The third kappa shape index (κ3) is 2.96. The summed E-state index contributed by atoms with van der Waals surface area (Å²) in [6, 6.07) is 8.55. The number of rotatable bonds is 4. The highest BCUT2D eigenvalue weighted by Gasteiger charge is 2.18. The molecule has 1 aromatic heterocycles. The van der Waals surface area contributed by atoms with E-state index in [1.165, 1.54) is 10.3 Å². The lowest BCUT2D eigenvalue weighted by molar-refractivity contribution is 1.17. The van der Waals surface area contributed by atoms with Gasteiger partial charge in [0.25, 0.3) is 0 Å². The van der Waals surface area contributed by atoms with Gasteiger partial charge >= 0.3 is 0 Å². The summed E-state index contributed by atoms with van der Waals surface area (Å²) in [6.07, 6.45) is 0. The van der Waals surface area contributed by atoms with E-state index in [4.69, 9.17) is 0 Å². The molecule has 7 heteroatoms. The molecule has 2 aromatic rings. The van der Waals surface area contributed by atoms with E-state index in [-0.39, 0.29) is 0 Å². The molecule has 1 aromatic carbocycles. The normalized spacial score (nSPS) is 21.2. The fourth-order valence-corrected chi connectivity index (χ4v) is 6.18. The number of hydrogen-bond donors (Lipinski definition) is 2. The third-order valence-electron chi connectivity index (χ3n) is 3.50. The lowest BCUT2D eigenvalue weighted by Crippen LogP contribution is -1.99. The Morgan fingerprint density at radius 2 is 2.36 bits per heavy atom. The number of anilines is 1. The smallest absolute Gasteiger partial charge is 0.114 e. The van der Waals surface area contributed by atoms with E-state index in [9.17, 15) is 0 Å².